The lowest BCUT2D eigenvalue weighted by molar-refractivity contribution is 0.0848. The van der Waals surface area contributed by atoms with E-state index in [4.69, 9.17) is 5.26 Å². The van der Waals surface area contributed by atoms with E-state index in [0.717, 1.165) is 31.6 Å². The van der Waals surface area contributed by atoms with Gasteiger partial charge in [0.05, 0.1) is 17.8 Å². The highest BCUT2D eigenvalue weighted by atomic mass is 15.4. The first-order chi connectivity index (χ1) is 14.7. The molecule has 154 valence electrons. The third kappa shape index (κ3) is 4.41. The van der Waals surface area contributed by atoms with Gasteiger partial charge in [0.25, 0.3) is 0 Å². The van der Waals surface area contributed by atoms with Crippen molar-refractivity contribution in [2.45, 2.75) is 39.3 Å². The summed E-state index contributed by atoms with van der Waals surface area (Å²) in [7, 11) is 0. The zero-order valence-corrected chi connectivity index (χ0v) is 18.1. The highest BCUT2D eigenvalue weighted by Gasteiger charge is 2.27. The number of rotatable bonds is 7. The fourth-order valence-electron chi connectivity index (χ4n) is 4.77. The lowest BCUT2D eigenvalue weighted by Gasteiger charge is -2.33. The molecule has 1 saturated heterocycles. The molecular formula is C27H31N3. The molecule has 0 amide bonds. The summed E-state index contributed by atoms with van der Waals surface area (Å²) in [6.07, 6.45) is 4.34. The molecule has 0 aromatic heterocycles. The average molecular weight is 398 g/mol. The molecule has 1 heterocycles. The smallest absolute Gasteiger partial charge is 0.0991 e. The normalized spacial score (nSPS) is 16.9. The number of nitrogens with zero attached hydrogens (tertiary/aromatic N) is 3. The van der Waals surface area contributed by atoms with E-state index in [-0.39, 0.29) is 0 Å². The van der Waals surface area contributed by atoms with Crippen molar-refractivity contribution in [3.05, 3.63) is 71.8 Å². The van der Waals surface area contributed by atoms with Gasteiger partial charge in [-0.1, -0.05) is 56.3 Å². The maximum Gasteiger partial charge on any atom is 0.0991 e. The Bertz CT molecular complexity index is 1030. The Morgan fingerprint density at radius 1 is 0.933 bits per heavy atom. The molecule has 4 rings (SSSR count). The summed E-state index contributed by atoms with van der Waals surface area (Å²) in [6.45, 7) is 9.17. The van der Waals surface area contributed by atoms with Gasteiger partial charge in [-0.05, 0) is 84.6 Å². The van der Waals surface area contributed by atoms with Gasteiger partial charge in [-0.15, -0.1) is 0 Å². The van der Waals surface area contributed by atoms with Gasteiger partial charge in [-0.25, -0.2) is 0 Å². The van der Waals surface area contributed by atoms with E-state index in [1.165, 1.54) is 41.3 Å². The Kier molecular flexibility index (Phi) is 6.47. The molecule has 0 aliphatic carbocycles. The SMILES string of the molecule is CCN(CC)C1CCCN1CCc1ccc2cc(-c3ccc(C#N)cc3)ccc2c1. The molecule has 3 heteroatoms. The summed E-state index contributed by atoms with van der Waals surface area (Å²) in [4.78, 5) is 5.27. The van der Waals surface area contributed by atoms with Crippen LogP contribution in [0.15, 0.2) is 60.7 Å². The summed E-state index contributed by atoms with van der Waals surface area (Å²) in [5.41, 5.74) is 4.46. The van der Waals surface area contributed by atoms with E-state index >= 15 is 0 Å². The van der Waals surface area contributed by atoms with E-state index in [9.17, 15) is 0 Å². The van der Waals surface area contributed by atoms with Crippen molar-refractivity contribution < 1.29 is 0 Å². The highest BCUT2D eigenvalue weighted by Crippen LogP contribution is 2.26. The molecular weight excluding hydrogens is 366 g/mol. The van der Waals surface area contributed by atoms with Gasteiger partial charge in [-0.2, -0.15) is 5.26 Å². The Morgan fingerprint density at radius 2 is 1.63 bits per heavy atom. The first kappa shape index (κ1) is 20.6. The molecule has 0 spiro atoms. The maximum absolute atomic E-state index is 8.99. The minimum Gasteiger partial charge on any atom is -0.288 e. The molecule has 30 heavy (non-hydrogen) atoms. The largest absolute Gasteiger partial charge is 0.288 e. The van der Waals surface area contributed by atoms with Crippen LogP contribution < -0.4 is 0 Å². The molecule has 0 N–H and O–H groups in total. The lowest BCUT2D eigenvalue weighted by atomic mass is 9.98. The number of nitriles is 1. The molecule has 3 aromatic carbocycles. The Balaban J connectivity index is 1.46. The zero-order valence-electron chi connectivity index (χ0n) is 18.1. The number of fused-ring (bicyclic) bond motifs is 1. The second-order valence-corrected chi connectivity index (χ2v) is 8.22. The average Bonchev–Trinajstić information content (AvgIpc) is 3.26. The van der Waals surface area contributed by atoms with Gasteiger partial charge in [0.2, 0.25) is 0 Å². The fraction of sp³-hybridized carbons (Fsp3) is 0.370. The van der Waals surface area contributed by atoms with Gasteiger partial charge < -0.3 is 0 Å². The van der Waals surface area contributed by atoms with Crippen molar-refractivity contribution in [1.29, 1.82) is 5.26 Å². The minimum absolute atomic E-state index is 0.621. The van der Waals surface area contributed by atoms with Crippen LogP contribution in [0.3, 0.4) is 0 Å². The Labute approximate surface area is 180 Å². The summed E-state index contributed by atoms with van der Waals surface area (Å²) in [5.74, 6) is 0. The second-order valence-electron chi connectivity index (χ2n) is 8.22. The first-order valence-corrected chi connectivity index (χ1v) is 11.2. The maximum atomic E-state index is 8.99. The summed E-state index contributed by atoms with van der Waals surface area (Å²) in [6, 6.07) is 23.5. The molecule has 1 atom stereocenters. The third-order valence-corrected chi connectivity index (χ3v) is 6.50. The van der Waals surface area contributed by atoms with Gasteiger partial charge in [0, 0.05) is 6.54 Å². The van der Waals surface area contributed by atoms with Crippen LogP contribution in [0.2, 0.25) is 0 Å². The number of benzene rings is 3. The second kappa shape index (κ2) is 9.43. The van der Waals surface area contributed by atoms with Gasteiger partial charge >= 0.3 is 0 Å². The number of likely N-dealkylation sites (tertiary alicyclic amines) is 1. The quantitative estimate of drug-likeness (QED) is 0.513. The van der Waals surface area contributed by atoms with Crippen molar-refractivity contribution in [2.24, 2.45) is 0 Å². The Hall–Kier alpha value is -2.67. The fourth-order valence-corrected chi connectivity index (χ4v) is 4.77. The Morgan fingerprint density at radius 3 is 2.37 bits per heavy atom. The molecule has 3 nitrogen and oxygen atoms in total. The van der Waals surface area contributed by atoms with E-state index < -0.39 is 0 Å². The minimum atomic E-state index is 0.621. The van der Waals surface area contributed by atoms with Gasteiger partial charge in [-0.3, -0.25) is 9.80 Å². The topological polar surface area (TPSA) is 30.3 Å². The molecule has 1 aliphatic rings. The molecule has 0 saturated carbocycles. The van der Waals surface area contributed by atoms with Crippen molar-refractivity contribution >= 4 is 10.8 Å². The molecule has 0 radical (unpaired) electrons. The van der Waals surface area contributed by atoms with Crippen LogP contribution in [-0.4, -0.2) is 42.1 Å². The third-order valence-electron chi connectivity index (χ3n) is 6.50. The summed E-state index contributed by atoms with van der Waals surface area (Å²) >= 11 is 0. The predicted molar refractivity (Wildman–Crippen MR) is 125 cm³/mol. The van der Waals surface area contributed by atoms with Crippen molar-refractivity contribution in [3.8, 4) is 17.2 Å². The van der Waals surface area contributed by atoms with E-state index in [1.807, 2.05) is 24.3 Å². The molecule has 1 fully saturated rings. The van der Waals surface area contributed by atoms with Gasteiger partial charge in [0.15, 0.2) is 0 Å². The van der Waals surface area contributed by atoms with Crippen LogP contribution in [0.25, 0.3) is 21.9 Å². The first-order valence-electron chi connectivity index (χ1n) is 11.2. The van der Waals surface area contributed by atoms with Gasteiger partial charge in [0.1, 0.15) is 0 Å². The van der Waals surface area contributed by atoms with Crippen LogP contribution in [0.1, 0.15) is 37.8 Å². The number of hydrogen-bond acceptors (Lipinski definition) is 3. The molecule has 3 aromatic rings. The van der Waals surface area contributed by atoms with Crippen molar-refractivity contribution in [1.82, 2.24) is 9.80 Å². The summed E-state index contributed by atoms with van der Waals surface area (Å²) in [5, 5.41) is 11.6. The zero-order chi connectivity index (χ0) is 20.9. The van der Waals surface area contributed by atoms with Crippen LogP contribution in [0.5, 0.6) is 0 Å². The lowest BCUT2D eigenvalue weighted by Crippen LogP contribution is -2.45. The molecule has 1 unspecified atom stereocenters. The van der Waals surface area contributed by atoms with Crippen LogP contribution in [-0.2, 0) is 6.42 Å². The van der Waals surface area contributed by atoms with E-state index in [0.29, 0.717) is 11.7 Å². The van der Waals surface area contributed by atoms with E-state index in [1.54, 1.807) is 0 Å². The van der Waals surface area contributed by atoms with Crippen molar-refractivity contribution in [3.63, 3.8) is 0 Å². The predicted octanol–water partition coefficient (Wildman–Crippen LogP) is 5.68. The van der Waals surface area contributed by atoms with Crippen molar-refractivity contribution in [2.75, 3.05) is 26.2 Å². The van der Waals surface area contributed by atoms with Crippen LogP contribution >= 0.6 is 0 Å². The van der Waals surface area contributed by atoms with Crippen LogP contribution in [0.4, 0.5) is 0 Å². The highest BCUT2D eigenvalue weighted by molar-refractivity contribution is 5.87. The van der Waals surface area contributed by atoms with E-state index in [2.05, 4.69) is 66.1 Å². The summed E-state index contributed by atoms with van der Waals surface area (Å²) < 4.78 is 0. The number of hydrogen-bond donors (Lipinski definition) is 0. The van der Waals surface area contributed by atoms with Crippen LogP contribution in [0, 0.1) is 11.3 Å². The molecule has 0 bridgehead atoms. The molecule has 1 aliphatic heterocycles. The monoisotopic (exact) mass is 397 g/mol. The standard InChI is InChI=1S/C27H31N3/c1-3-29(4-2)27-6-5-16-30(27)17-15-21-7-12-26-19-25(14-13-24(26)18-21)23-10-8-22(20-28)9-11-23/h7-14,18-19,27H,3-6,15-17H2,1-2H3.